The molecular weight excluding hydrogens is 216 g/mol. The Morgan fingerprint density at radius 1 is 0.722 bits per heavy atom. The van der Waals surface area contributed by atoms with Gasteiger partial charge in [-0.25, -0.2) is 0 Å². The van der Waals surface area contributed by atoms with Crippen molar-refractivity contribution in [3.05, 3.63) is 58.1 Å². The van der Waals surface area contributed by atoms with Crippen molar-refractivity contribution in [1.29, 1.82) is 0 Å². The second-order valence-electron chi connectivity index (χ2n) is 5.07. The van der Waals surface area contributed by atoms with Crippen LogP contribution in [0.1, 0.15) is 34.7 Å². The SMILES string of the molecule is CCc1c(C)c(C)c(-c2ccccc2)c(C)c1C. The van der Waals surface area contributed by atoms with E-state index < -0.39 is 0 Å². The monoisotopic (exact) mass is 238 g/mol. The van der Waals surface area contributed by atoms with Crippen molar-refractivity contribution >= 4 is 0 Å². The summed E-state index contributed by atoms with van der Waals surface area (Å²) in [5, 5.41) is 0. The van der Waals surface area contributed by atoms with Crippen molar-refractivity contribution in [2.75, 3.05) is 0 Å². The molecule has 0 aliphatic carbocycles. The lowest BCUT2D eigenvalue weighted by Crippen LogP contribution is -2.01. The molecule has 0 saturated carbocycles. The zero-order valence-electron chi connectivity index (χ0n) is 12.1. The summed E-state index contributed by atoms with van der Waals surface area (Å²) in [4.78, 5) is 0. The molecule has 2 rings (SSSR count). The van der Waals surface area contributed by atoms with Crippen molar-refractivity contribution in [2.24, 2.45) is 0 Å². The number of rotatable bonds is 2. The average molecular weight is 238 g/mol. The van der Waals surface area contributed by atoms with E-state index in [2.05, 4.69) is 65.0 Å². The quantitative estimate of drug-likeness (QED) is 0.678. The zero-order valence-corrected chi connectivity index (χ0v) is 12.1. The molecule has 2 aromatic carbocycles. The van der Waals surface area contributed by atoms with Crippen molar-refractivity contribution in [1.82, 2.24) is 0 Å². The highest BCUT2D eigenvalue weighted by Crippen LogP contribution is 2.34. The van der Waals surface area contributed by atoms with Crippen LogP contribution in [0.5, 0.6) is 0 Å². The molecule has 18 heavy (non-hydrogen) atoms. The van der Waals surface area contributed by atoms with Crippen LogP contribution >= 0.6 is 0 Å². The summed E-state index contributed by atoms with van der Waals surface area (Å²) in [5.41, 5.74) is 10.1. The minimum absolute atomic E-state index is 1.12. The molecule has 0 amide bonds. The van der Waals surface area contributed by atoms with Gasteiger partial charge in [0, 0.05) is 0 Å². The summed E-state index contributed by atoms with van der Waals surface area (Å²) in [6, 6.07) is 10.7. The Labute approximate surface area is 111 Å². The molecule has 0 bridgehead atoms. The molecule has 0 atom stereocenters. The van der Waals surface area contributed by atoms with Crippen molar-refractivity contribution < 1.29 is 0 Å². The lowest BCUT2D eigenvalue weighted by Gasteiger charge is -2.20. The molecule has 0 aliphatic rings. The molecule has 0 heteroatoms. The van der Waals surface area contributed by atoms with Crippen LogP contribution in [0.3, 0.4) is 0 Å². The minimum atomic E-state index is 1.12. The minimum Gasteiger partial charge on any atom is -0.0622 e. The second-order valence-corrected chi connectivity index (χ2v) is 5.07. The maximum absolute atomic E-state index is 2.26. The molecule has 0 nitrogen and oxygen atoms in total. The fourth-order valence-corrected chi connectivity index (χ4v) is 2.96. The lowest BCUT2D eigenvalue weighted by molar-refractivity contribution is 1.05. The summed E-state index contributed by atoms with van der Waals surface area (Å²) in [7, 11) is 0. The predicted molar refractivity (Wildman–Crippen MR) is 80.2 cm³/mol. The van der Waals surface area contributed by atoms with Gasteiger partial charge < -0.3 is 0 Å². The van der Waals surface area contributed by atoms with Crippen LogP contribution in [-0.4, -0.2) is 0 Å². The summed E-state index contributed by atoms with van der Waals surface area (Å²) >= 11 is 0. The van der Waals surface area contributed by atoms with Gasteiger partial charge >= 0.3 is 0 Å². The fraction of sp³-hybridized carbons (Fsp3) is 0.333. The molecule has 94 valence electrons. The molecule has 0 N–H and O–H groups in total. The van der Waals surface area contributed by atoms with Gasteiger partial charge in [0.2, 0.25) is 0 Å². The Hall–Kier alpha value is -1.56. The lowest BCUT2D eigenvalue weighted by atomic mass is 9.85. The number of benzene rings is 2. The first kappa shape index (κ1) is 12.9. The van der Waals surface area contributed by atoms with Gasteiger partial charge in [0.1, 0.15) is 0 Å². The van der Waals surface area contributed by atoms with Gasteiger partial charge in [-0.15, -0.1) is 0 Å². The van der Waals surface area contributed by atoms with Crippen molar-refractivity contribution in [2.45, 2.75) is 41.0 Å². The number of hydrogen-bond acceptors (Lipinski definition) is 0. The normalized spacial score (nSPS) is 10.7. The van der Waals surface area contributed by atoms with Crippen LogP contribution in [0.2, 0.25) is 0 Å². The first-order valence-electron chi connectivity index (χ1n) is 6.72. The third-order valence-corrected chi connectivity index (χ3v) is 4.20. The van der Waals surface area contributed by atoms with Gasteiger partial charge in [-0.1, -0.05) is 37.3 Å². The van der Waals surface area contributed by atoms with Gasteiger partial charge in [0.05, 0.1) is 0 Å². The Kier molecular flexibility index (Phi) is 3.56. The smallest absolute Gasteiger partial charge is 0.0120 e. The summed E-state index contributed by atoms with van der Waals surface area (Å²) in [5.74, 6) is 0. The molecule has 0 fully saturated rings. The van der Waals surface area contributed by atoms with Gasteiger partial charge in [-0.05, 0) is 73.1 Å². The summed E-state index contributed by atoms with van der Waals surface area (Å²) in [6.45, 7) is 11.3. The highest BCUT2D eigenvalue weighted by Gasteiger charge is 2.14. The average Bonchev–Trinajstić information content (AvgIpc) is 2.39. The second kappa shape index (κ2) is 4.97. The van der Waals surface area contributed by atoms with Crippen LogP contribution in [0.25, 0.3) is 11.1 Å². The first-order valence-corrected chi connectivity index (χ1v) is 6.72. The van der Waals surface area contributed by atoms with Gasteiger partial charge in [-0.3, -0.25) is 0 Å². The van der Waals surface area contributed by atoms with Gasteiger partial charge in [0.25, 0.3) is 0 Å². The largest absolute Gasteiger partial charge is 0.0622 e. The highest BCUT2D eigenvalue weighted by molar-refractivity contribution is 5.74. The van der Waals surface area contributed by atoms with Crippen molar-refractivity contribution in [3.63, 3.8) is 0 Å². The van der Waals surface area contributed by atoms with E-state index in [0.717, 1.165) is 6.42 Å². The third kappa shape index (κ3) is 1.96. The van der Waals surface area contributed by atoms with Crippen LogP contribution in [0.15, 0.2) is 30.3 Å². The first-order chi connectivity index (χ1) is 8.57. The molecular formula is C18H22. The van der Waals surface area contributed by atoms with E-state index in [1.165, 1.54) is 38.9 Å². The topological polar surface area (TPSA) is 0 Å². The highest BCUT2D eigenvalue weighted by atomic mass is 14.2. The van der Waals surface area contributed by atoms with E-state index in [1.807, 2.05) is 0 Å². The molecule has 0 aliphatic heterocycles. The fourth-order valence-electron chi connectivity index (χ4n) is 2.96. The predicted octanol–water partition coefficient (Wildman–Crippen LogP) is 5.15. The van der Waals surface area contributed by atoms with Crippen LogP contribution in [0, 0.1) is 27.7 Å². The Morgan fingerprint density at radius 2 is 1.22 bits per heavy atom. The standard InChI is InChI=1S/C18H22/c1-6-17-12(2)14(4)18(15(5)13(17)3)16-10-8-7-9-11-16/h7-11H,6H2,1-5H3. The third-order valence-electron chi connectivity index (χ3n) is 4.20. The molecule has 0 heterocycles. The molecule has 0 unspecified atom stereocenters. The molecule has 0 aromatic heterocycles. The maximum atomic E-state index is 2.26. The van der Waals surface area contributed by atoms with Gasteiger partial charge in [0.15, 0.2) is 0 Å². The van der Waals surface area contributed by atoms with Crippen molar-refractivity contribution in [3.8, 4) is 11.1 Å². The molecule has 0 spiro atoms. The summed E-state index contributed by atoms with van der Waals surface area (Å²) in [6.07, 6.45) is 1.12. The van der Waals surface area contributed by atoms with E-state index in [1.54, 1.807) is 0 Å². The van der Waals surface area contributed by atoms with E-state index in [0.29, 0.717) is 0 Å². The Bertz CT molecular complexity index is 533. The molecule has 2 aromatic rings. The van der Waals surface area contributed by atoms with E-state index in [-0.39, 0.29) is 0 Å². The van der Waals surface area contributed by atoms with E-state index >= 15 is 0 Å². The summed E-state index contributed by atoms with van der Waals surface area (Å²) < 4.78 is 0. The van der Waals surface area contributed by atoms with E-state index in [9.17, 15) is 0 Å². The van der Waals surface area contributed by atoms with Crippen LogP contribution < -0.4 is 0 Å². The van der Waals surface area contributed by atoms with Gasteiger partial charge in [-0.2, -0.15) is 0 Å². The molecule has 0 saturated heterocycles. The Morgan fingerprint density at radius 3 is 1.67 bits per heavy atom. The zero-order chi connectivity index (χ0) is 13.3. The maximum Gasteiger partial charge on any atom is -0.0120 e. The number of hydrogen-bond donors (Lipinski definition) is 0. The molecule has 0 radical (unpaired) electrons. The van der Waals surface area contributed by atoms with Crippen LogP contribution in [-0.2, 0) is 6.42 Å². The Balaban J connectivity index is 2.78. The van der Waals surface area contributed by atoms with E-state index in [4.69, 9.17) is 0 Å². The van der Waals surface area contributed by atoms with Crippen LogP contribution in [0.4, 0.5) is 0 Å².